The molecule has 0 amide bonds. The number of fused-ring (bicyclic) bond motifs is 1. The molecule has 9 heteroatoms. The Morgan fingerprint density at radius 1 is 1.00 bits per heavy atom. The van der Waals surface area contributed by atoms with Gasteiger partial charge in [-0.3, -0.25) is 9.36 Å². The first-order valence-corrected chi connectivity index (χ1v) is 13.9. The van der Waals surface area contributed by atoms with Gasteiger partial charge < -0.3 is 10.1 Å². The molecule has 0 bridgehead atoms. The lowest BCUT2D eigenvalue weighted by molar-refractivity contribution is 0.387. The predicted octanol–water partition coefficient (Wildman–Crippen LogP) is 6.46. The lowest BCUT2D eigenvalue weighted by atomic mass is 9.94. The maximum absolute atomic E-state index is 15.5. The van der Waals surface area contributed by atoms with E-state index in [-0.39, 0.29) is 46.3 Å². The molecule has 0 aliphatic carbocycles. The van der Waals surface area contributed by atoms with Crippen LogP contribution in [0.4, 0.5) is 17.6 Å². The Morgan fingerprint density at radius 2 is 1.73 bits per heavy atom. The summed E-state index contributed by atoms with van der Waals surface area (Å²) in [5.74, 6) is -1.79. The van der Waals surface area contributed by atoms with E-state index in [0.29, 0.717) is 41.4 Å². The molecule has 4 nitrogen and oxygen atoms in total. The molecule has 5 rings (SSSR count). The first kappa shape index (κ1) is 28.0. The van der Waals surface area contributed by atoms with Crippen LogP contribution in [-0.2, 0) is 12.8 Å². The van der Waals surface area contributed by atoms with Crippen LogP contribution in [0.25, 0.3) is 11.1 Å². The Morgan fingerprint density at radius 3 is 2.45 bits per heavy atom. The van der Waals surface area contributed by atoms with Gasteiger partial charge in [0.15, 0.2) is 11.6 Å². The Labute approximate surface area is 234 Å². The van der Waals surface area contributed by atoms with Crippen molar-refractivity contribution in [1.82, 2.24) is 9.88 Å². The normalized spacial score (nSPS) is 14.4. The Balaban J connectivity index is 1.55. The van der Waals surface area contributed by atoms with Crippen molar-refractivity contribution >= 4 is 11.8 Å². The quantitative estimate of drug-likeness (QED) is 0.186. The van der Waals surface area contributed by atoms with Gasteiger partial charge in [0.2, 0.25) is 0 Å². The lowest BCUT2D eigenvalue weighted by Crippen LogP contribution is -2.34. The number of halogens is 4. The van der Waals surface area contributed by atoms with Crippen molar-refractivity contribution in [2.45, 2.75) is 30.8 Å². The van der Waals surface area contributed by atoms with E-state index >= 15 is 4.39 Å². The molecule has 0 fully saturated rings. The minimum atomic E-state index is -0.683. The summed E-state index contributed by atoms with van der Waals surface area (Å²) in [6, 6.07) is 14.4. The van der Waals surface area contributed by atoms with Crippen LogP contribution in [0.15, 0.2) is 70.5 Å². The zero-order chi connectivity index (χ0) is 28.4. The average Bonchev–Trinajstić information content (AvgIpc) is 3.35. The molecule has 2 heterocycles. The highest BCUT2D eigenvalue weighted by Gasteiger charge is 2.32. The minimum Gasteiger partial charge on any atom is -0.494 e. The van der Waals surface area contributed by atoms with Crippen molar-refractivity contribution in [3.8, 4) is 16.9 Å². The molecular formula is C31H28F4N2O2S. The number of pyridine rings is 1. The summed E-state index contributed by atoms with van der Waals surface area (Å²) in [4.78, 5) is 14.0. The molecule has 0 spiro atoms. The van der Waals surface area contributed by atoms with Crippen LogP contribution in [-0.4, -0.2) is 30.5 Å². The largest absolute Gasteiger partial charge is 0.494 e. The second kappa shape index (κ2) is 11.9. The third-order valence-corrected chi connectivity index (χ3v) is 8.51. The number of hydrogen-bond donors (Lipinski definition) is 1. The van der Waals surface area contributed by atoms with E-state index in [4.69, 9.17) is 4.74 Å². The Bertz CT molecular complexity index is 1600. The monoisotopic (exact) mass is 568 g/mol. The van der Waals surface area contributed by atoms with E-state index in [0.717, 1.165) is 5.56 Å². The van der Waals surface area contributed by atoms with Gasteiger partial charge >= 0.3 is 0 Å². The molecule has 0 saturated carbocycles. The summed E-state index contributed by atoms with van der Waals surface area (Å²) in [7, 11) is 1.35. The highest BCUT2D eigenvalue weighted by molar-refractivity contribution is 7.99. The number of nitrogens with one attached hydrogen (secondary N) is 1. The molecule has 1 aliphatic heterocycles. The second-order valence-corrected chi connectivity index (χ2v) is 10.7. The molecule has 1 aromatic heterocycles. The van der Waals surface area contributed by atoms with E-state index in [2.05, 4.69) is 5.32 Å². The minimum absolute atomic E-state index is 0.00608. The number of nitrogens with zero attached hydrogens (tertiary/aromatic N) is 1. The van der Waals surface area contributed by atoms with Crippen molar-refractivity contribution in [3.63, 3.8) is 0 Å². The second-order valence-electron chi connectivity index (χ2n) is 9.71. The number of methoxy groups -OCH3 is 1. The number of rotatable bonds is 9. The third kappa shape index (κ3) is 5.40. The molecule has 1 N–H and O–H groups in total. The van der Waals surface area contributed by atoms with Crippen molar-refractivity contribution in [3.05, 3.63) is 117 Å². The molecule has 3 aromatic carbocycles. The van der Waals surface area contributed by atoms with Gasteiger partial charge in [0.1, 0.15) is 17.5 Å². The van der Waals surface area contributed by atoms with Crippen LogP contribution >= 0.6 is 11.8 Å². The van der Waals surface area contributed by atoms with Gasteiger partial charge in [0, 0.05) is 29.8 Å². The summed E-state index contributed by atoms with van der Waals surface area (Å²) in [6.07, 6.45) is 0.511. The summed E-state index contributed by atoms with van der Waals surface area (Å²) >= 11 is 1.44. The smallest absolute Gasteiger partial charge is 0.260 e. The van der Waals surface area contributed by atoms with Gasteiger partial charge in [-0.15, -0.1) is 11.8 Å². The fraction of sp³-hybridized carbons (Fsp3) is 0.258. The van der Waals surface area contributed by atoms with Crippen LogP contribution in [0.5, 0.6) is 5.75 Å². The van der Waals surface area contributed by atoms with Crippen LogP contribution in [0.1, 0.15) is 28.3 Å². The van der Waals surface area contributed by atoms with Gasteiger partial charge in [-0.1, -0.05) is 30.3 Å². The maximum atomic E-state index is 15.5. The number of hydrogen-bond acceptors (Lipinski definition) is 4. The summed E-state index contributed by atoms with van der Waals surface area (Å²) in [6.45, 7) is 2.69. The summed E-state index contributed by atoms with van der Waals surface area (Å²) in [5.41, 5.74) is 1.62. The van der Waals surface area contributed by atoms with Gasteiger partial charge in [0.25, 0.3) is 5.56 Å². The molecule has 0 radical (unpaired) electrons. The zero-order valence-corrected chi connectivity index (χ0v) is 22.9. The first-order chi connectivity index (χ1) is 19.3. The maximum Gasteiger partial charge on any atom is 0.260 e. The fourth-order valence-electron chi connectivity index (χ4n) is 5.18. The van der Waals surface area contributed by atoms with Crippen LogP contribution in [0, 0.1) is 30.2 Å². The Kier molecular flexibility index (Phi) is 8.32. The molecule has 1 aliphatic rings. The topological polar surface area (TPSA) is 43.3 Å². The molecule has 1 unspecified atom stereocenters. The Hall–Kier alpha value is -3.56. The van der Waals surface area contributed by atoms with Crippen LogP contribution in [0.2, 0.25) is 0 Å². The van der Waals surface area contributed by atoms with E-state index in [9.17, 15) is 18.0 Å². The molecular weight excluding hydrogens is 540 g/mol. The van der Waals surface area contributed by atoms with E-state index in [1.807, 2.05) is 6.07 Å². The van der Waals surface area contributed by atoms with Gasteiger partial charge in [-0.05, 0) is 66.9 Å². The van der Waals surface area contributed by atoms with Crippen LogP contribution < -0.4 is 15.6 Å². The third-order valence-electron chi connectivity index (χ3n) is 7.24. The van der Waals surface area contributed by atoms with Gasteiger partial charge in [-0.25, -0.2) is 17.6 Å². The standard InChI is InChI=1S/C31H28F4N2O2S/c1-18-23(15-24-25(33)9-5-10-26(24)34)31-37(30(38)28(18)22-8-4-11-27(39-2)29(22)35)21(17-40-31)16-36-13-12-19-6-3-7-20(32)14-19/h3-11,14,21,36H,12-13,15-17H2,1-2H3. The van der Waals surface area contributed by atoms with E-state index in [1.54, 1.807) is 23.6 Å². The highest BCUT2D eigenvalue weighted by atomic mass is 32.2. The number of ether oxygens (including phenoxy) is 1. The molecule has 1 atom stereocenters. The highest BCUT2D eigenvalue weighted by Crippen LogP contribution is 2.40. The number of thioether (sulfide) groups is 1. The fourth-order valence-corrected chi connectivity index (χ4v) is 6.56. The first-order valence-electron chi connectivity index (χ1n) is 12.9. The predicted molar refractivity (Wildman–Crippen MR) is 149 cm³/mol. The van der Waals surface area contributed by atoms with Crippen molar-refractivity contribution in [2.24, 2.45) is 0 Å². The molecule has 0 saturated heterocycles. The number of aromatic nitrogens is 1. The lowest BCUT2D eigenvalue weighted by Gasteiger charge is -2.21. The van der Waals surface area contributed by atoms with Crippen LogP contribution in [0.3, 0.4) is 0 Å². The van der Waals surface area contributed by atoms with Crippen molar-refractivity contribution < 1.29 is 22.3 Å². The molecule has 208 valence electrons. The van der Waals surface area contributed by atoms with Crippen molar-refractivity contribution in [1.29, 1.82) is 0 Å². The zero-order valence-electron chi connectivity index (χ0n) is 22.1. The van der Waals surface area contributed by atoms with Crippen molar-refractivity contribution in [2.75, 3.05) is 26.0 Å². The van der Waals surface area contributed by atoms with Gasteiger partial charge in [-0.2, -0.15) is 0 Å². The number of benzene rings is 3. The van der Waals surface area contributed by atoms with E-state index < -0.39 is 17.5 Å². The SMILES string of the molecule is COc1cccc(-c2c(C)c(Cc3c(F)cccc3F)c3n(c2=O)C(CNCCc2cccc(F)c2)CS3)c1F. The summed E-state index contributed by atoms with van der Waals surface area (Å²) in [5, 5.41) is 3.96. The summed E-state index contributed by atoms with van der Waals surface area (Å²) < 4.78 is 65.2. The molecule has 40 heavy (non-hydrogen) atoms. The van der Waals surface area contributed by atoms with E-state index in [1.165, 1.54) is 61.3 Å². The average molecular weight is 569 g/mol. The van der Waals surface area contributed by atoms with Gasteiger partial charge in [0.05, 0.1) is 23.7 Å². The molecule has 4 aromatic rings.